The minimum absolute atomic E-state index is 0.140. The van der Waals surface area contributed by atoms with E-state index in [2.05, 4.69) is 20.6 Å². The molecule has 0 radical (unpaired) electrons. The Kier molecular flexibility index (Phi) is 5.63. The molecule has 0 spiro atoms. The molecule has 3 aromatic rings. The maximum absolute atomic E-state index is 12.5. The Balaban J connectivity index is 1.78. The molecule has 0 fully saturated rings. The van der Waals surface area contributed by atoms with Crippen LogP contribution in [0.3, 0.4) is 0 Å². The van der Waals surface area contributed by atoms with Crippen molar-refractivity contribution in [2.45, 2.75) is 0 Å². The topological polar surface area (TPSA) is 93.2 Å². The van der Waals surface area contributed by atoms with Crippen molar-refractivity contribution in [3.63, 3.8) is 0 Å². The van der Waals surface area contributed by atoms with Crippen LogP contribution >= 0.6 is 11.6 Å². The van der Waals surface area contributed by atoms with Crippen LogP contribution < -0.4 is 10.6 Å². The lowest BCUT2D eigenvalue weighted by atomic mass is 10.1. The van der Waals surface area contributed by atoms with Crippen molar-refractivity contribution in [1.82, 2.24) is 9.97 Å². The molecule has 0 aliphatic rings. The fourth-order valence-corrected chi connectivity index (χ4v) is 2.42. The van der Waals surface area contributed by atoms with Crippen molar-refractivity contribution in [3.8, 4) is 0 Å². The number of halogens is 1. The second-order valence-electron chi connectivity index (χ2n) is 5.41. The van der Waals surface area contributed by atoms with Crippen molar-refractivity contribution in [2.24, 2.45) is 0 Å². The van der Waals surface area contributed by atoms with E-state index in [1.54, 1.807) is 48.5 Å². The van der Waals surface area contributed by atoms with E-state index in [1.165, 1.54) is 19.5 Å². The van der Waals surface area contributed by atoms with Crippen LogP contribution in [0.15, 0.2) is 60.9 Å². The Morgan fingerprint density at radius 3 is 2.52 bits per heavy atom. The number of carbonyl (C=O) groups is 2. The number of ether oxygens (including phenoxy) is 1. The van der Waals surface area contributed by atoms with Gasteiger partial charge < -0.3 is 15.4 Å². The Morgan fingerprint density at radius 1 is 1.04 bits per heavy atom. The molecule has 0 bridgehead atoms. The third-order valence-electron chi connectivity index (χ3n) is 3.60. The van der Waals surface area contributed by atoms with Gasteiger partial charge in [-0.1, -0.05) is 23.7 Å². The number of hydrogen-bond acceptors (Lipinski definition) is 6. The lowest BCUT2D eigenvalue weighted by Crippen LogP contribution is -2.17. The molecule has 0 atom stereocenters. The first-order valence-corrected chi connectivity index (χ1v) is 8.28. The van der Waals surface area contributed by atoms with Gasteiger partial charge in [0.1, 0.15) is 17.8 Å². The molecule has 1 heterocycles. The summed E-state index contributed by atoms with van der Waals surface area (Å²) in [6.07, 6.45) is 1.28. The van der Waals surface area contributed by atoms with Crippen LogP contribution in [0.2, 0.25) is 5.02 Å². The van der Waals surface area contributed by atoms with Gasteiger partial charge in [0, 0.05) is 16.8 Å². The predicted molar refractivity (Wildman–Crippen MR) is 103 cm³/mol. The largest absolute Gasteiger partial charge is 0.465 e. The van der Waals surface area contributed by atoms with Gasteiger partial charge in [-0.05, 0) is 36.4 Å². The quantitative estimate of drug-likeness (QED) is 0.650. The molecule has 0 aliphatic heterocycles. The molecule has 7 nitrogen and oxygen atoms in total. The van der Waals surface area contributed by atoms with Gasteiger partial charge in [-0.3, -0.25) is 4.79 Å². The Labute approximate surface area is 160 Å². The Hall–Kier alpha value is -3.45. The summed E-state index contributed by atoms with van der Waals surface area (Å²) >= 11 is 5.86. The van der Waals surface area contributed by atoms with Crippen LogP contribution in [0.4, 0.5) is 17.2 Å². The lowest BCUT2D eigenvalue weighted by molar-refractivity contribution is 0.0602. The number of hydrogen-bond donors (Lipinski definition) is 2. The summed E-state index contributed by atoms with van der Waals surface area (Å²) in [6.45, 7) is 0. The zero-order valence-corrected chi connectivity index (χ0v) is 15.0. The van der Waals surface area contributed by atoms with E-state index >= 15 is 0 Å². The van der Waals surface area contributed by atoms with Crippen LogP contribution in [0.1, 0.15) is 20.8 Å². The Bertz CT molecular complexity index is 977. The molecule has 0 aliphatic carbocycles. The average molecular weight is 383 g/mol. The minimum Gasteiger partial charge on any atom is -0.465 e. The van der Waals surface area contributed by atoms with E-state index in [1.807, 2.05) is 0 Å². The zero-order valence-electron chi connectivity index (χ0n) is 14.3. The van der Waals surface area contributed by atoms with Crippen LogP contribution in [0, 0.1) is 0 Å². The standard InChI is InChI=1S/C19H15ClN4O3/c1-27-19(26)14-4-2-3-5-15(14)24-18(25)16-10-17(22-11-21-16)23-13-8-6-12(20)7-9-13/h2-11H,1H3,(H,24,25)(H,21,22,23). The summed E-state index contributed by atoms with van der Waals surface area (Å²) in [5, 5.41) is 6.35. The summed E-state index contributed by atoms with van der Waals surface area (Å²) in [5.41, 5.74) is 1.49. The van der Waals surface area contributed by atoms with Crippen molar-refractivity contribution >= 4 is 40.7 Å². The molecule has 0 saturated heterocycles. The van der Waals surface area contributed by atoms with Crippen molar-refractivity contribution in [1.29, 1.82) is 0 Å². The molecule has 0 saturated carbocycles. The molecule has 3 rings (SSSR count). The van der Waals surface area contributed by atoms with Gasteiger partial charge in [-0.25, -0.2) is 14.8 Å². The number of nitrogens with one attached hydrogen (secondary N) is 2. The summed E-state index contributed by atoms with van der Waals surface area (Å²) in [4.78, 5) is 32.4. The van der Waals surface area contributed by atoms with E-state index in [4.69, 9.17) is 16.3 Å². The zero-order chi connectivity index (χ0) is 19.2. The number of anilines is 3. The van der Waals surface area contributed by atoms with Gasteiger partial charge in [-0.2, -0.15) is 0 Å². The molecule has 0 unspecified atom stereocenters. The maximum atomic E-state index is 12.5. The first-order chi connectivity index (χ1) is 13.1. The second kappa shape index (κ2) is 8.29. The van der Waals surface area contributed by atoms with Gasteiger partial charge in [0.15, 0.2) is 0 Å². The summed E-state index contributed by atoms with van der Waals surface area (Å²) in [5.74, 6) is -0.578. The number of benzene rings is 2. The fraction of sp³-hybridized carbons (Fsp3) is 0.0526. The summed E-state index contributed by atoms with van der Waals surface area (Å²) < 4.78 is 4.72. The lowest BCUT2D eigenvalue weighted by Gasteiger charge is -2.10. The van der Waals surface area contributed by atoms with E-state index in [9.17, 15) is 9.59 Å². The number of esters is 1. The van der Waals surface area contributed by atoms with E-state index in [-0.39, 0.29) is 11.3 Å². The SMILES string of the molecule is COC(=O)c1ccccc1NC(=O)c1cc(Nc2ccc(Cl)cc2)ncn1. The first kappa shape index (κ1) is 18.3. The molecule has 1 aromatic heterocycles. The number of methoxy groups -OCH3 is 1. The minimum atomic E-state index is -0.543. The van der Waals surface area contributed by atoms with E-state index < -0.39 is 11.9 Å². The van der Waals surface area contributed by atoms with Gasteiger partial charge in [0.25, 0.3) is 5.91 Å². The number of nitrogens with zero attached hydrogens (tertiary/aromatic N) is 2. The van der Waals surface area contributed by atoms with Crippen molar-refractivity contribution in [3.05, 3.63) is 77.2 Å². The number of amides is 1. The van der Waals surface area contributed by atoms with Gasteiger partial charge >= 0.3 is 5.97 Å². The van der Waals surface area contributed by atoms with Gasteiger partial charge in [0.05, 0.1) is 18.4 Å². The fourth-order valence-electron chi connectivity index (χ4n) is 2.30. The number of aromatic nitrogens is 2. The number of para-hydroxylation sites is 1. The molecule has 8 heteroatoms. The highest BCUT2D eigenvalue weighted by Crippen LogP contribution is 2.19. The van der Waals surface area contributed by atoms with Crippen molar-refractivity contribution < 1.29 is 14.3 Å². The van der Waals surface area contributed by atoms with E-state index in [0.29, 0.717) is 16.5 Å². The van der Waals surface area contributed by atoms with Crippen LogP contribution in [-0.2, 0) is 4.74 Å². The first-order valence-electron chi connectivity index (χ1n) is 7.90. The third kappa shape index (κ3) is 4.59. The number of carbonyl (C=O) groups excluding carboxylic acids is 2. The molecule has 136 valence electrons. The molecular weight excluding hydrogens is 368 g/mol. The van der Waals surface area contributed by atoms with E-state index in [0.717, 1.165) is 5.69 Å². The predicted octanol–water partition coefficient (Wildman–Crippen LogP) is 3.91. The highest BCUT2D eigenvalue weighted by Gasteiger charge is 2.15. The highest BCUT2D eigenvalue weighted by atomic mass is 35.5. The van der Waals surface area contributed by atoms with Gasteiger partial charge in [0.2, 0.25) is 0 Å². The molecular formula is C19H15ClN4O3. The summed E-state index contributed by atoms with van der Waals surface area (Å²) in [6, 6.07) is 15.1. The smallest absolute Gasteiger partial charge is 0.339 e. The third-order valence-corrected chi connectivity index (χ3v) is 3.85. The monoisotopic (exact) mass is 382 g/mol. The van der Waals surface area contributed by atoms with Gasteiger partial charge in [-0.15, -0.1) is 0 Å². The highest BCUT2D eigenvalue weighted by molar-refractivity contribution is 6.30. The van der Waals surface area contributed by atoms with Crippen LogP contribution in [0.25, 0.3) is 0 Å². The molecule has 2 aromatic carbocycles. The average Bonchev–Trinajstić information content (AvgIpc) is 2.70. The second-order valence-corrected chi connectivity index (χ2v) is 5.85. The number of rotatable bonds is 5. The molecule has 27 heavy (non-hydrogen) atoms. The normalized spacial score (nSPS) is 10.1. The summed E-state index contributed by atoms with van der Waals surface area (Å²) in [7, 11) is 1.28. The molecule has 1 amide bonds. The Morgan fingerprint density at radius 2 is 1.78 bits per heavy atom. The van der Waals surface area contributed by atoms with Crippen LogP contribution in [-0.4, -0.2) is 29.0 Å². The maximum Gasteiger partial charge on any atom is 0.339 e. The van der Waals surface area contributed by atoms with Crippen LogP contribution in [0.5, 0.6) is 0 Å². The van der Waals surface area contributed by atoms with Crippen molar-refractivity contribution in [2.75, 3.05) is 17.7 Å². The molecule has 2 N–H and O–H groups in total.